The lowest BCUT2D eigenvalue weighted by atomic mass is 9.86. The molecule has 0 fully saturated rings. The van der Waals surface area contributed by atoms with Crippen LogP contribution in [-0.2, 0) is 0 Å². The zero-order valence-electron chi connectivity index (χ0n) is 24.5. The van der Waals surface area contributed by atoms with Crippen molar-refractivity contribution in [3.8, 4) is 33.4 Å². The van der Waals surface area contributed by atoms with Crippen molar-refractivity contribution in [3.05, 3.63) is 156 Å². The van der Waals surface area contributed by atoms with E-state index in [4.69, 9.17) is 0 Å². The molecule has 9 rings (SSSR count). The van der Waals surface area contributed by atoms with Gasteiger partial charge in [-0.05, 0) is 87.7 Å². The van der Waals surface area contributed by atoms with Crippen molar-refractivity contribution in [2.45, 2.75) is 0 Å². The molecule has 9 aromatic carbocycles. The molecular weight excluding hydrogens is 599 g/mol. The molecule has 0 spiro atoms. The first-order valence-electron chi connectivity index (χ1n) is 15.1. The van der Waals surface area contributed by atoms with Crippen LogP contribution in [0.15, 0.2) is 127 Å². The topological polar surface area (TPSA) is 0 Å². The van der Waals surface area contributed by atoms with Crippen LogP contribution in [0.5, 0.6) is 0 Å². The summed E-state index contributed by atoms with van der Waals surface area (Å²) in [4.78, 5) is 0. The Morgan fingerprint density at radius 1 is 0.298 bits per heavy atom. The van der Waals surface area contributed by atoms with E-state index in [2.05, 4.69) is 72.8 Å². The molecule has 0 saturated heterocycles. The van der Waals surface area contributed by atoms with Crippen molar-refractivity contribution in [1.29, 1.82) is 0 Å². The van der Waals surface area contributed by atoms with Gasteiger partial charge in [0.05, 0.1) is 5.56 Å². The summed E-state index contributed by atoms with van der Waals surface area (Å²) < 4.78 is 72.4. The quantitative estimate of drug-likeness (QED) is 0.0606. The fourth-order valence-electron chi connectivity index (χ4n) is 7.25. The Bertz CT molecular complexity index is 2640. The van der Waals surface area contributed by atoms with Gasteiger partial charge in [0.1, 0.15) is 0 Å². The molecule has 0 aliphatic rings. The van der Waals surface area contributed by atoms with Crippen molar-refractivity contribution >= 4 is 53.9 Å². The minimum Gasteiger partial charge on any atom is -0.203 e. The predicted molar refractivity (Wildman–Crippen MR) is 181 cm³/mol. The summed E-state index contributed by atoms with van der Waals surface area (Å²) in [5.41, 5.74) is 3.21. The summed E-state index contributed by atoms with van der Waals surface area (Å²) in [5, 5.41) is 9.24. The van der Waals surface area contributed by atoms with Gasteiger partial charge in [-0.15, -0.1) is 0 Å². The number of benzene rings is 9. The van der Waals surface area contributed by atoms with E-state index in [1.165, 1.54) is 33.2 Å². The van der Waals surface area contributed by atoms with Gasteiger partial charge in [-0.25, -0.2) is 22.0 Å². The van der Waals surface area contributed by atoms with E-state index in [1.54, 1.807) is 12.1 Å². The van der Waals surface area contributed by atoms with Gasteiger partial charge in [-0.2, -0.15) is 0 Å². The normalized spacial score (nSPS) is 11.9. The number of hydrogen-bond acceptors (Lipinski definition) is 0. The fraction of sp³-hybridized carbons (Fsp3) is 0. The molecule has 47 heavy (non-hydrogen) atoms. The molecule has 0 N–H and O–H groups in total. The van der Waals surface area contributed by atoms with Crippen molar-refractivity contribution in [2.24, 2.45) is 0 Å². The second-order valence-corrected chi connectivity index (χ2v) is 11.9. The van der Waals surface area contributed by atoms with E-state index >= 15 is 8.78 Å². The lowest BCUT2D eigenvalue weighted by Crippen LogP contribution is -2.04. The molecule has 0 nitrogen and oxygen atoms in total. The Kier molecular flexibility index (Phi) is 5.91. The van der Waals surface area contributed by atoms with Gasteiger partial charge >= 0.3 is 0 Å². The fourth-order valence-corrected chi connectivity index (χ4v) is 7.25. The van der Waals surface area contributed by atoms with Crippen LogP contribution in [0.4, 0.5) is 22.0 Å². The van der Waals surface area contributed by atoms with Crippen LogP contribution < -0.4 is 0 Å². The van der Waals surface area contributed by atoms with E-state index in [9.17, 15) is 13.2 Å². The SMILES string of the molecule is Fc1c(F)c(F)c(-c2ccc3ccc4c(-c5ccc(-c6c7ccccc7cc7ccccc67)cc5)ccc5ccc2c3c54)c(F)c1F. The van der Waals surface area contributed by atoms with Crippen LogP contribution in [-0.4, -0.2) is 0 Å². The highest BCUT2D eigenvalue weighted by molar-refractivity contribution is 6.27. The average Bonchev–Trinajstić information content (AvgIpc) is 3.11. The van der Waals surface area contributed by atoms with E-state index in [0.717, 1.165) is 38.2 Å². The molecule has 0 aromatic heterocycles. The van der Waals surface area contributed by atoms with Crippen molar-refractivity contribution in [3.63, 3.8) is 0 Å². The van der Waals surface area contributed by atoms with Gasteiger partial charge < -0.3 is 0 Å². The first-order valence-corrected chi connectivity index (χ1v) is 15.1. The summed E-state index contributed by atoms with van der Waals surface area (Å²) >= 11 is 0. The third-order valence-electron chi connectivity index (χ3n) is 9.40. The van der Waals surface area contributed by atoms with Crippen LogP contribution in [0.25, 0.3) is 87.2 Å². The summed E-state index contributed by atoms with van der Waals surface area (Å²) in [5.74, 6) is -9.81. The maximum Gasteiger partial charge on any atom is 0.200 e. The first kappa shape index (κ1) is 27.5. The molecule has 9 aromatic rings. The molecule has 5 heteroatoms. The molecule has 0 heterocycles. The number of hydrogen-bond donors (Lipinski definition) is 0. The molecule has 0 radical (unpaired) electrons. The Hall–Kier alpha value is -5.81. The molecule has 0 aliphatic carbocycles. The van der Waals surface area contributed by atoms with Gasteiger partial charge in [0, 0.05) is 0 Å². The van der Waals surface area contributed by atoms with Crippen molar-refractivity contribution < 1.29 is 22.0 Å². The third kappa shape index (κ3) is 3.93. The summed E-state index contributed by atoms with van der Waals surface area (Å²) in [7, 11) is 0. The predicted octanol–water partition coefficient (Wildman–Crippen LogP) is 12.6. The van der Waals surface area contributed by atoms with E-state index in [1.807, 2.05) is 36.4 Å². The van der Waals surface area contributed by atoms with Crippen LogP contribution in [0.3, 0.4) is 0 Å². The third-order valence-corrected chi connectivity index (χ3v) is 9.40. The molecular formula is C42H21F5. The molecule has 0 aliphatic heterocycles. The molecule has 0 saturated carbocycles. The minimum absolute atomic E-state index is 0.0585. The molecule has 0 unspecified atom stereocenters. The highest BCUT2D eigenvalue weighted by Gasteiger charge is 2.28. The maximum absolute atomic E-state index is 15.0. The smallest absolute Gasteiger partial charge is 0.200 e. The lowest BCUT2D eigenvalue weighted by Gasteiger charge is -2.17. The highest BCUT2D eigenvalue weighted by atomic mass is 19.2. The molecule has 0 atom stereocenters. The Morgan fingerprint density at radius 2 is 0.745 bits per heavy atom. The van der Waals surface area contributed by atoms with E-state index in [-0.39, 0.29) is 5.56 Å². The van der Waals surface area contributed by atoms with Crippen molar-refractivity contribution in [1.82, 2.24) is 0 Å². The van der Waals surface area contributed by atoms with Crippen LogP contribution >= 0.6 is 0 Å². The van der Waals surface area contributed by atoms with Gasteiger partial charge in [-0.3, -0.25) is 0 Å². The van der Waals surface area contributed by atoms with Gasteiger partial charge in [-0.1, -0.05) is 121 Å². The maximum atomic E-state index is 15.0. The summed E-state index contributed by atoms with van der Waals surface area (Å²) in [6.45, 7) is 0. The lowest BCUT2D eigenvalue weighted by molar-refractivity contribution is 0.381. The second kappa shape index (κ2) is 10.1. The standard InChI is InChI=1S/C42H21F5/c43-38-37(39(44)41(46)42(47)40(38)45)33-20-16-25-14-18-31-28(17-13-24-15-19-32(33)36(25)35(24)31)22-9-11-23(12-10-22)34-29-7-3-1-5-26(29)21-27-6-2-4-8-30(27)34/h1-21H. The molecule has 0 bridgehead atoms. The number of halogens is 5. The first-order chi connectivity index (χ1) is 22.9. The van der Waals surface area contributed by atoms with Crippen LogP contribution in [0.1, 0.15) is 0 Å². The monoisotopic (exact) mass is 620 g/mol. The number of rotatable bonds is 3. The van der Waals surface area contributed by atoms with E-state index in [0.29, 0.717) is 10.8 Å². The molecule has 224 valence electrons. The van der Waals surface area contributed by atoms with Crippen LogP contribution in [0.2, 0.25) is 0 Å². The zero-order valence-corrected chi connectivity index (χ0v) is 24.5. The Labute approximate surface area is 265 Å². The second-order valence-electron chi connectivity index (χ2n) is 11.9. The van der Waals surface area contributed by atoms with Gasteiger partial charge in [0.15, 0.2) is 23.3 Å². The largest absolute Gasteiger partial charge is 0.203 e. The van der Waals surface area contributed by atoms with Gasteiger partial charge in [0.25, 0.3) is 0 Å². The minimum atomic E-state index is -2.18. The van der Waals surface area contributed by atoms with Crippen molar-refractivity contribution in [2.75, 3.05) is 0 Å². The Balaban J connectivity index is 1.24. The number of fused-ring (bicyclic) bond motifs is 2. The summed E-state index contributed by atoms with van der Waals surface area (Å²) in [6, 6.07) is 42.0. The van der Waals surface area contributed by atoms with Crippen LogP contribution in [0, 0.1) is 29.1 Å². The zero-order chi connectivity index (χ0) is 32.0. The van der Waals surface area contributed by atoms with Gasteiger partial charge in [0.2, 0.25) is 5.82 Å². The van der Waals surface area contributed by atoms with E-state index < -0.39 is 34.6 Å². The average molecular weight is 621 g/mol. The summed E-state index contributed by atoms with van der Waals surface area (Å²) in [6.07, 6.45) is 0. The molecule has 0 amide bonds. The Morgan fingerprint density at radius 3 is 1.32 bits per heavy atom. The highest BCUT2D eigenvalue weighted by Crippen LogP contribution is 2.44.